The number of nitrogens with zero attached hydrogens (tertiary/aromatic N) is 1. The summed E-state index contributed by atoms with van der Waals surface area (Å²) in [5, 5.41) is 6.10. The summed E-state index contributed by atoms with van der Waals surface area (Å²) in [6.07, 6.45) is 0.441. The maximum absolute atomic E-state index is 12.0. The topological polar surface area (TPSA) is 70.7 Å². The Bertz CT molecular complexity index is 534. The third kappa shape index (κ3) is 6.86. The van der Waals surface area contributed by atoms with Gasteiger partial charge < -0.3 is 20.3 Å². The lowest BCUT2D eigenvalue weighted by Gasteiger charge is -2.26. The van der Waals surface area contributed by atoms with Gasteiger partial charge in [0, 0.05) is 38.2 Å². The minimum Gasteiger partial charge on any atom is -0.378 e. The summed E-state index contributed by atoms with van der Waals surface area (Å²) in [5.74, 6) is -0.114. The monoisotopic (exact) mass is 355 g/mol. The molecule has 134 valence electrons. The highest BCUT2D eigenvalue weighted by Crippen LogP contribution is 2.11. The summed E-state index contributed by atoms with van der Waals surface area (Å²) in [6, 6.07) is 7.74. The molecule has 2 rings (SSSR count). The minimum absolute atomic E-state index is 0. The van der Waals surface area contributed by atoms with Crippen LogP contribution in [0.4, 0.5) is 5.69 Å². The Morgan fingerprint density at radius 3 is 2.67 bits per heavy atom. The van der Waals surface area contributed by atoms with E-state index < -0.39 is 0 Å². The lowest BCUT2D eigenvalue weighted by molar-refractivity contribution is -0.136. The first-order chi connectivity index (χ1) is 11.2. The van der Waals surface area contributed by atoms with Crippen molar-refractivity contribution in [3.8, 4) is 0 Å². The predicted molar refractivity (Wildman–Crippen MR) is 96.3 cm³/mol. The zero-order chi connectivity index (χ0) is 16.5. The number of hydrogen-bond acceptors (Lipinski definition) is 4. The number of nitrogens with one attached hydrogen (secondary N) is 2. The normalized spacial score (nSPS) is 14.0. The van der Waals surface area contributed by atoms with Crippen LogP contribution in [0, 0.1) is 0 Å². The molecule has 0 spiro atoms. The van der Waals surface area contributed by atoms with Crippen LogP contribution in [0.15, 0.2) is 24.3 Å². The summed E-state index contributed by atoms with van der Waals surface area (Å²) in [4.78, 5) is 25.8. The van der Waals surface area contributed by atoms with Gasteiger partial charge in [-0.15, -0.1) is 12.4 Å². The van der Waals surface area contributed by atoms with Gasteiger partial charge in [-0.2, -0.15) is 0 Å². The Kier molecular flexibility index (Phi) is 9.37. The molecule has 2 N–H and O–H groups in total. The fraction of sp³-hybridized carbons (Fsp3) is 0.529. The highest BCUT2D eigenvalue weighted by Gasteiger charge is 2.17. The second-order valence-electron chi connectivity index (χ2n) is 5.52. The Morgan fingerprint density at radius 2 is 1.96 bits per heavy atom. The molecule has 24 heavy (non-hydrogen) atoms. The van der Waals surface area contributed by atoms with E-state index in [4.69, 9.17) is 4.74 Å². The van der Waals surface area contributed by atoms with E-state index in [1.165, 1.54) is 0 Å². The van der Waals surface area contributed by atoms with Crippen LogP contribution in [0.3, 0.4) is 0 Å². The number of hydrogen-bond donors (Lipinski definition) is 2. The van der Waals surface area contributed by atoms with Crippen molar-refractivity contribution in [3.63, 3.8) is 0 Å². The van der Waals surface area contributed by atoms with E-state index in [-0.39, 0.29) is 37.1 Å². The van der Waals surface area contributed by atoms with Gasteiger partial charge in [-0.25, -0.2) is 0 Å². The molecule has 0 radical (unpaired) electrons. The first kappa shape index (κ1) is 20.4. The van der Waals surface area contributed by atoms with Crippen LogP contribution in [-0.2, 0) is 20.9 Å². The largest absolute Gasteiger partial charge is 0.378 e. The van der Waals surface area contributed by atoms with E-state index in [9.17, 15) is 9.59 Å². The van der Waals surface area contributed by atoms with Gasteiger partial charge in [0.25, 0.3) is 0 Å². The van der Waals surface area contributed by atoms with Gasteiger partial charge in [-0.3, -0.25) is 9.59 Å². The molecule has 6 nitrogen and oxygen atoms in total. The van der Waals surface area contributed by atoms with E-state index in [0.29, 0.717) is 26.3 Å². The van der Waals surface area contributed by atoms with Crippen molar-refractivity contribution in [3.05, 3.63) is 29.8 Å². The standard InChI is InChI=1S/C17H25N3O3.ClH/c1-2-18-13-14-4-3-5-15(12-14)19-16(21)6-7-17(22)20-8-10-23-11-9-20;/h3-5,12,18H,2,6-11,13H2,1H3,(H,19,21);1H. The SMILES string of the molecule is CCNCc1cccc(NC(=O)CCC(=O)N2CCOCC2)c1.Cl. The molecule has 1 aromatic carbocycles. The molecule has 0 aliphatic carbocycles. The second-order valence-corrected chi connectivity index (χ2v) is 5.52. The molecule has 7 heteroatoms. The molecular formula is C17H26ClN3O3. The molecule has 2 amide bonds. The third-order valence-electron chi connectivity index (χ3n) is 3.72. The van der Waals surface area contributed by atoms with Crippen LogP contribution in [0.1, 0.15) is 25.3 Å². The van der Waals surface area contributed by atoms with E-state index in [1.54, 1.807) is 4.90 Å². The molecule has 1 aliphatic rings. The predicted octanol–water partition coefficient (Wildman–Crippen LogP) is 1.80. The molecule has 0 saturated carbocycles. The zero-order valence-corrected chi connectivity index (χ0v) is 14.9. The molecule has 1 fully saturated rings. The smallest absolute Gasteiger partial charge is 0.224 e. The van der Waals surface area contributed by atoms with E-state index in [0.717, 1.165) is 24.3 Å². The van der Waals surface area contributed by atoms with Crippen molar-refractivity contribution in [2.24, 2.45) is 0 Å². The summed E-state index contributed by atoms with van der Waals surface area (Å²) >= 11 is 0. The number of ether oxygens (including phenoxy) is 1. The first-order valence-corrected chi connectivity index (χ1v) is 8.14. The molecule has 0 unspecified atom stereocenters. The molecular weight excluding hydrogens is 330 g/mol. The van der Waals surface area contributed by atoms with E-state index >= 15 is 0 Å². The molecule has 1 heterocycles. The molecule has 0 bridgehead atoms. The highest BCUT2D eigenvalue weighted by atomic mass is 35.5. The molecule has 1 aliphatic heterocycles. The van der Waals surface area contributed by atoms with Crippen LogP contribution in [-0.4, -0.2) is 49.6 Å². The second kappa shape index (κ2) is 11.0. The lowest BCUT2D eigenvalue weighted by atomic mass is 10.2. The average Bonchev–Trinajstić information content (AvgIpc) is 2.59. The van der Waals surface area contributed by atoms with Crippen molar-refractivity contribution in [2.45, 2.75) is 26.3 Å². The van der Waals surface area contributed by atoms with Crippen molar-refractivity contribution < 1.29 is 14.3 Å². The zero-order valence-electron chi connectivity index (χ0n) is 14.0. The Morgan fingerprint density at radius 1 is 1.21 bits per heavy atom. The Balaban J connectivity index is 0.00000288. The summed E-state index contributed by atoms with van der Waals surface area (Å²) in [7, 11) is 0. The number of carbonyl (C=O) groups excluding carboxylic acids is 2. The van der Waals surface area contributed by atoms with Crippen LogP contribution < -0.4 is 10.6 Å². The minimum atomic E-state index is -0.132. The number of rotatable bonds is 7. The maximum atomic E-state index is 12.0. The molecule has 0 atom stereocenters. The first-order valence-electron chi connectivity index (χ1n) is 8.14. The highest BCUT2D eigenvalue weighted by molar-refractivity contribution is 5.93. The van der Waals surface area contributed by atoms with Gasteiger partial charge in [-0.05, 0) is 24.2 Å². The van der Waals surface area contributed by atoms with Crippen LogP contribution >= 0.6 is 12.4 Å². The van der Waals surface area contributed by atoms with Crippen molar-refractivity contribution in [1.29, 1.82) is 0 Å². The third-order valence-corrected chi connectivity index (χ3v) is 3.72. The molecule has 0 aromatic heterocycles. The van der Waals surface area contributed by atoms with Crippen LogP contribution in [0.5, 0.6) is 0 Å². The maximum Gasteiger partial charge on any atom is 0.224 e. The van der Waals surface area contributed by atoms with Gasteiger partial charge in [0.2, 0.25) is 11.8 Å². The lowest BCUT2D eigenvalue weighted by Crippen LogP contribution is -2.40. The number of morpholine rings is 1. The number of benzene rings is 1. The van der Waals surface area contributed by atoms with Crippen molar-refractivity contribution in [2.75, 3.05) is 38.2 Å². The van der Waals surface area contributed by atoms with Gasteiger partial charge >= 0.3 is 0 Å². The summed E-state index contributed by atoms with van der Waals surface area (Å²) < 4.78 is 5.22. The average molecular weight is 356 g/mol. The van der Waals surface area contributed by atoms with Gasteiger partial charge in [-0.1, -0.05) is 19.1 Å². The summed E-state index contributed by atoms with van der Waals surface area (Å²) in [5.41, 5.74) is 1.89. The van der Waals surface area contributed by atoms with Gasteiger partial charge in [0.1, 0.15) is 0 Å². The van der Waals surface area contributed by atoms with Crippen LogP contribution in [0.2, 0.25) is 0 Å². The Labute approximate surface area is 149 Å². The molecule has 1 aromatic rings. The van der Waals surface area contributed by atoms with Crippen molar-refractivity contribution in [1.82, 2.24) is 10.2 Å². The Hall–Kier alpha value is -1.63. The fourth-order valence-corrected chi connectivity index (χ4v) is 2.44. The van der Waals surface area contributed by atoms with E-state index in [1.807, 2.05) is 24.3 Å². The number of carbonyl (C=O) groups is 2. The quantitative estimate of drug-likeness (QED) is 0.782. The molecule has 1 saturated heterocycles. The number of anilines is 1. The van der Waals surface area contributed by atoms with Crippen molar-refractivity contribution >= 4 is 29.9 Å². The van der Waals surface area contributed by atoms with Gasteiger partial charge in [0.05, 0.1) is 13.2 Å². The van der Waals surface area contributed by atoms with Crippen LogP contribution in [0.25, 0.3) is 0 Å². The number of halogens is 1. The van der Waals surface area contributed by atoms with E-state index in [2.05, 4.69) is 17.6 Å². The number of amides is 2. The summed E-state index contributed by atoms with van der Waals surface area (Å²) in [6.45, 7) is 6.12. The van der Waals surface area contributed by atoms with Gasteiger partial charge in [0.15, 0.2) is 0 Å². The fourth-order valence-electron chi connectivity index (χ4n) is 2.44.